The Morgan fingerprint density at radius 1 is 1.33 bits per heavy atom. The van der Waals surface area contributed by atoms with Gasteiger partial charge in [0, 0.05) is 19.1 Å². The second kappa shape index (κ2) is 7.55. The Bertz CT molecular complexity index is 349. The molecule has 2 heteroatoms. The monoisotopic (exact) mass is 248 g/mol. The van der Waals surface area contributed by atoms with Gasteiger partial charge in [0.05, 0.1) is 0 Å². The van der Waals surface area contributed by atoms with Gasteiger partial charge in [0.2, 0.25) is 0 Å². The van der Waals surface area contributed by atoms with Crippen LogP contribution in [0.4, 0.5) is 0 Å². The van der Waals surface area contributed by atoms with E-state index in [-0.39, 0.29) is 0 Å². The molecule has 0 heterocycles. The van der Waals surface area contributed by atoms with Crippen molar-refractivity contribution in [3.63, 3.8) is 0 Å². The van der Waals surface area contributed by atoms with Gasteiger partial charge in [0.15, 0.2) is 0 Å². The molecular formula is C16H28N2. The maximum Gasteiger partial charge on any atom is 0.0231 e. The summed E-state index contributed by atoms with van der Waals surface area (Å²) < 4.78 is 0. The topological polar surface area (TPSA) is 15.3 Å². The van der Waals surface area contributed by atoms with Gasteiger partial charge < -0.3 is 10.2 Å². The molecule has 18 heavy (non-hydrogen) atoms. The van der Waals surface area contributed by atoms with E-state index in [4.69, 9.17) is 0 Å². The van der Waals surface area contributed by atoms with Gasteiger partial charge >= 0.3 is 0 Å². The maximum atomic E-state index is 3.44. The molecule has 2 atom stereocenters. The van der Waals surface area contributed by atoms with Crippen molar-refractivity contribution >= 4 is 0 Å². The van der Waals surface area contributed by atoms with E-state index in [1.54, 1.807) is 0 Å². The van der Waals surface area contributed by atoms with Crippen LogP contribution in [0.1, 0.15) is 31.4 Å². The van der Waals surface area contributed by atoms with Crippen molar-refractivity contribution in [2.45, 2.75) is 39.8 Å². The summed E-state index contributed by atoms with van der Waals surface area (Å²) in [5.74, 6) is 0.718. The molecule has 0 saturated carbocycles. The van der Waals surface area contributed by atoms with Crippen molar-refractivity contribution in [2.75, 3.05) is 20.6 Å². The average molecular weight is 248 g/mol. The van der Waals surface area contributed by atoms with Gasteiger partial charge in [-0.05, 0) is 32.5 Å². The first-order chi connectivity index (χ1) is 8.56. The highest BCUT2D eigenvalue weighted by Crippen LogP contribution is 2.11. The molecule has 0 aliphatic rings. The second-order valence-corrected chi connectivity index (χ2v) is 5.47. The van der Waals surface area contributed by atoms with Crippen LogP contribution in [0.3, 0.4) is 0 Å². The standard InChI is InChI=1S/C16H28N2/c1-6-14(3)16(17-4)12-18(5)11-15-9-7-8-13(2)10-15/h7-10,14,16-17H,6,11-12H2,1-5H3. The summed E-state index contributed by atoms with van der Waals surface area (Å²) in [5.41, 5.74) is 2.74. The lowest BCUT2D eigenvalue weighted by Crippen LogP contribution is -2.41. The molecular weight excluding hydrogens is 220 g/mol. The van der Waals surface area contributed by atoms with E-state index in [9.17, 15) is 0 Å². The minimum atomic E-state index is 0.574. The highest BCUT2D eigenvalue weighted by atomic mass is 15.1. The summed E-state index contributed by atoms with van der Waals surface area (Å²) >= 11 is 0. The molecule has 0 spiro atoms. The van der Waals surface area contributed by atoms with Gasteiger partial charge in [-0.2, -0.15) is 0 Å². The fraction of sp³-hybridized carbons (Fsp3) is 0.625. The van der Waals surface area contributed by atoms with Crippen molar-refractivity contribution in [3.8, 4) is 0 Å². The first kappa shape index (κ1) is 15.2. The smallest absolute Gasteiger partial charge is 0.0231 e. The first-order valence-corrected chi connectivity index (χ1v) is 6.98. The molecule has 1 aromatic carbocycles. The summed E-state index contributed by atoms with van der Waals surface area (Å²) in [7, 11) is 4.27. The molecule has 1 N–H and O–H groups in total. The average Bonchev–Trinajstić information content (AvgIpc) is 2.35. The highest BCUT2D eigenvalue weighted by Gasteiger charge is 2.15. The third-order valence-corrected chi connectivity index (χ3v) is 3.74. The van der Waals surface area contributed by atoms with Crippen LogP contribution in [0.15, 0.2) is 24.3 Å². The summed E-state index contributed by atoms with van der Waals surface area (Å²) in [5, 5.41) is 3.44. The molecule has 0 radical (unpaired) electrons. The fourth-order valence-corrected chi connectivity index (χ4v) is 2.36. The molecule has 0 amide bonds. The summed E-state index contributed by atoms with van der Waals surface area (Å²) in [4.78, 5) is 2.40. The van der Waals surface area contributed by atoms with Gasteiger partial charge in [0.1, 0.15) is 0 Å². The van der Waals surface area contributed by atoms with Crippen LogP contribution < -0.4 is 5.32 Å². The quantitative estimate of drug-likeness (QED) is 0.798. The lowest BCUT2D eigenvalue weighted by Gasteiger charge is -2.28. The highest BCUT2D eigenvalue weighted by molar-refractivity contribution is 5.22. The van der Waals surface area contributed by atoms with Crippen LogP contribution in [0.5, 0.6) is 0 Å². The number of hydrogen-bond acceptors (Lipinski definition) is 2. The molecule has 0 fully saturated rings. The summed E-state index contributed by atoms with van der Waals surface area (Å²) in [6, 6.07) is 9.35. The largest absolute Gasteiger partial charge is 0.315 e. The molecule has 0 aliphatic heterocycles. The van der Waals surface area contributed by atoms with Gasteiger partial charge in [-0.25, -0.2) is 0 Å². The number of nitrogens with one attached hydrogen (secondary N) is 1. The Morgan fingerprint density at radius 3 is 2.61 bits per heavy atom. The normalized spacial score (nSPS) is 14.8. The van der Waals surface area contributed by atoms with Crippen molar-refractivity contribution in [2.24, 2.45) is 5.92 Å². The SMILES string of the molecule is CCC(C)C(CN(C)Cc1cccc(C)c1)NC. The third kappa shape index (κ3) is 4.79. The molecule has 102 valence electrons. The summed E-state index contributed by atoms with van der Waals surface area (Å²) in [6.45, 7) is 8.85. The Kier molecular flexibility index (Phi) is 6.37. The van der Waals surface area contributed by atoms with Crippen LogP contribution in [0, 0.1) is 12.8 Å². The predicted molar refractivity (Wildman–Crippen MR) is 79.8 cm³/mol. The van der Waals surface area contributed by atoms with Crippen molar-refractivity contribution in [1.82, 2.24) is 10.2 Å². The molecule has 2 unspecified atom stereocenters. The number of benzene rings is 1. The van der Waals surface area contributed by atoms with Crippen molar-refractivity contribution < 1.29 is 0 Å². The molecule has 0 aromatic heterocycles. The molecule has 1 rings (SSSR count). The van der Waals surface area contributed by atoms with E-state index in [1.165, 1.54) is 17.5 Å². The van der Waals surface area contributed by atoms with Gasteiger partial charge in [-0.3, -0.25) is 0 Å². The minimum absolute atomic E-state index is 0.574. The lowest BCUT2D eigenvalue weighted by molar-refractivity contribution is 0.246. The molecule has 1 aromatic rings. The number of hydrogen-bond donors (Lipinski definition) is 1. The van der Waals surface area contributed by atoms with Crippen LogP contribution >= 0.6 is 0 Å². The Balaban J connectivity index is 2.52. The minimum Gasteiger partial charge on any atom is -0.315 e. The lowest BCUT2D eigenvalue weighted by atomic mass is 9.99. The van der Waals surface area contributed by atoms with E-state index in [2.05, 4.69) is 69.3 Å². The predicted octanol–water partition coefficient (Wildman–Crippen LogP) is 3.06. The Labute approximate surface area is 112 Å². The van der Waals surface area contributed by atoms with E-state index >= 15 is 0 Å². The molecule has 0 aliphatic carbocycles. The molecule has 0 saturated heterocycles. The van der Waals surface area contributed by atoms with E-state index < -0.39 is 0 Å². The van der Waals surface area contributed by atoms with Crippen molar-refractivity contribution in [3.05, 3.63) is 35.4 Å². The zero-order chi connectivity index (χ0) is 13.5. The number of likely N-dealkylation sites (N-methyl/N-ethyl adjacent to an activating group) is 2. The van der Waals surface area contributed by atoms with Crippen LogP contribution in [-0.2, 0) is 6.54 Å². The molecule has 2 nitrogen and oxygen atoms in total. The number of rotatable bonds is 7. The number of nitrogens with zero attached hydrogens (tertiary/aromatic N) is 1. The van der Waals surface area contributed by atoms with Crippen LogP contribution in [0.2, 0.25) is 0 Å². The van der Waals surface area contributed by atoms with Crippen LogP contribution in [0.25, 0.3) is 0 Å². The zero-order valence-electron chi connectivity index (χ0n) is 12.5. The van der Waals surface area contributed by atoms with E-state index in [1.807, 2.05) is 0 Å². The van der Waals surface area contributed by atoms with E-state index in [0.717, 1.165) is 19.0 Å². The van der Waals surface area contributed by atoms with Crippen LogP contribution in [-0.4, -0.2) is 31.6 Å². The Hall–Kier alpha value is -0.860. The van der Waals surface area contributed by atoms with Gasteiger partial charge in [-0.15, -0.1) is 0 Å². The molecule has 0 bridgehead atoms. The maximum absolute atomic E-state index is 3.44. The van der Waals surface area contributed by atoms with Crippen molar-refractivity contribution in [1.29, 1.82) is 0 Å². The van der Waals surface area contributed by atoms with E-state index in [0.29, 0.717) is 6.04 Å². The fourth-order valence-electron chi connectivity index (χ4n) is 2.36. The van der Waals surface area contributed by atoms with Gasteiger partial charge in [0.25, 0.3) is 0 Å². The van der Waals surface area contributed by atoms with Gasteiger partial charge in [-0.1, -0.05) is 50.1 Å². The second-order valence-electron chi connectivity index (χ2n) is 5.47. The first-order valence-electron chi connectivity index (χ1n) is 6.98. The summed E-state index contributed by atoms with van der Waals surface area (Å²) in [6.07, 6.45) is 1.23. The Morgan fingerprint density at radius 2 is 2.06 bits per heavy atom. The third-order valence-electron chi connectivity index (χ3n) is 3.74. The number of aryl methyl sites for hydroxylation is 1. The zero-order valence-corrected chi connectivity index (χ0v) is 12.5.